The largest absolute Gasteiger partial charge is 0.325 e. The molecule has 0 spiro atoms. The van der Waals surface area contributed by atoms with E-state index in [0.29, 0.717) is 23.6 Å². The van der Waals surface area contributed by atoms with E-state index < -0.39 is 10.0 Å². The van der Waals surface area contributed by atoms with Gasteiger partial charge in [0.25, 0.3) is 10.0 Å². The molecular weight excluding hydrogens is 388 g/mol. The first-order chi connectivity index (χ1) is 12.5. The Labute approximate surface area is 162 Å². The summed E-state index contributed by atoms with van der Waals surface area (Å²) in [5.41, 5.74) is 0.794. The highest BCUT2D eigenvalue weighted by molar-refractivity contribution is 7.99. The number of piperidine rings is 1. The van der Waals surface area contributed by atoms with E-state index in [9.17, 15) is 13.2 Å². The van der Waals surface area contributed by atoms with Gasteiger partial charge in [0, 0.05) is 18.0 Å². The van der Waals surface area contributed by atoms with Crippen LogP contribution >= 0.6 is 23.1 Å². The van der Waals surface area contributed by atoms with E-state index in [2.05, 4.69) is 12.2 Å². The van der Waals surface area contributed by atoms with Crippen molar-refractivity contribution in [3.05, 3.63) is 41.8 Å². The number of amides is 1. The SMILES string of the molecule is CCSc1ccccc1NC(=O)[C@H]1CCCN(S(=O)(=O)c2cccs2)C1. The maximum atomic E-state index is 12.7. The van der Waals surface area contributed by atoms with E-state index in [1.165, 1.54) is 15.6 Å². The topological polar surface area (TPSA) is 66.5 Å². The standard InChI is InChI=1S/C18H22N2O3S3/c1-2-24-16-9-4-3-8-15(16)19-18(21)14-7-5-11-20(13-14)26(22,23)17-10-6-12-25-17/h3-4,6,8-10,12,14H,2,5,7,11,13H2,1H3,(H,19,21)/t14-/m0/s1. The summed E-state index contributed by atoms with van der Waals surface area (Å²) in [6.45, 7) is 2.76. The second kappa shape index (κ2) is 8.56. The Kier molecular flexibility index (Phi) is 6.39. The van der Waals surface area contributed by atoms with Crippen molar-refractivity contribution >= 4 is 44.7 Å². The van der Waals surface area contributed by atoms with Crippen molar-refractivity contribution in [3.63, 3.8) is 0 Å². The van der Waals surface area contributed by atoms with Gasteiger partial charge in [-0.1, -0.05) is 25.1 Å². The van der Waals surface area contributed by atoms with Gasteiger partial charge in [-0.2, -0.15) is 4.31 Å². The zero-order valence-corrected chi connectivity index (χ0v) is 17.0. The van der Waals surface area contributed by atoms with Crippen LogP contribution in [0, 0.1) is 5.92 Å². The first-order valence-electron chi connectivity index (χ1n) is 8.58. The lowest BCUT2D eigenvalue weighted by Crippen LogP contribution is -2.43. The number of carbonyl (C=O) groups is 1. The van der Waals surface area contributed by atoms with Gasteiger partial charge >= 0.3 is 0 Å². The Morgan fingerprint density at radius 3 is 2.85 bits per heavy atom. The van der Waals surface area contributed by atoms with Crippen molar-refractivity contribution in [2.75, 3.05) is 24.2 Å². The Morgan fingerprint density at radius 1 is 1.31 bits per heavy atom. The first kappa shape index (κ1) is 19.4. The Balaban J connectivity index is 1.71. The molecule has 1 aromatic carbocycles. The number of nitrogens with zero attached hydrogens (tertiary/aromatic N) is 1. The molecule has 1 fully saturated rings. The van der Waals surface area contributed by atoms with Gasteiger partial charge in [-0.15, -0.1) is 23.1 Å². The summed E-state index contributed by atoms with van der Waals surface area (Å²) in [4.78, 5) is 13.8. The molecule has 1 aliphatic rings. The molecule has 0 bridgehead atoms. The van der Waals surface area contributed by atoms with Gasteiger partial charge in [0.2, 0.25) is 5.91 Å². The van der Waals surface area contributed by atoms with Gasteiger partial charge in [0.15, 0.2) is 0 Å². The normalized spacial score (nSPS) is 18.6. The highest BCUT2D eigenvalue weighted by atomic mass is 32.2. The third-order valence-electron chi connectivity index (χ3n) is 4.29. The van der Waals surface area contributed by atoms with Crippen molar-refractivity contribution in [2.24, 2.45) is 5.92 Å². The molecule has 1 amide bonds. The molecule has 2 heterocycles. The van der Waals surface area contributed by atoms with E-state index in [0.717, 1.165) is 16.3 Å². The zero-order valence-electron chi connectivity index (χ0n) is 14.6. The molecule has 0 radical (unpaired) electrons. The summed E-state index contributed by atoms with van der Waals surface area (Å²) in [7, 11) is -3.51. The molecule has 0 saturated carbocycles. The Hall–Kier alpha value is -1.35. The van der Waals surface area contributed by atoms with E-state index in [1.807, 2.05) is 24.3 Å². The Morgan fingerprint density at radius 2 is 2.12 bits per heavy atom. The van der Waals surface area contributed by atoms with Crippen molar-refractivity contribution < 1.29 is 13.2 Å². The number of carbonyl (C=O) groups excluding carboxylic acids is 1. The maximum absolute atomic E-state index is 12.7. The lowest BCUT2D eigenvalue weighted by Gasteiger charge is -2.31. The van der Waals surface area contributed by atoms with Crippen LogP contribution in [0.1, 0.15) is 19.8 Å². The fraction of sp³-hybridized carbons (Fsp3) is 0.389. The van der Waals surface area contributed by atoms with Gasteiger partial charge in [-0.05, 0) is 42.2 Å². The van der Waals surface area contributed by atoms with Crippen LogP contribution < -0.4 is 5.32 Å². The summed E-state index contributed by atoms with van der Waals surface area (Å²) < 4.78 is 27.2. The monoisotopic (exact) mass is 410 g/mol. The molecule has 1 atom stereocenters. The highest BCUT2D eigenvalue weighted by Crippen LogP contribution is 2.29. The number of rotatable bonds is 6. The number of anilines is 1. The third-order valence-corrected chi connectivity index (χ3v) is 8.48. The predicted octanol–water partition coefficient (Wildman–Crippen LogP) is 3.90. The summed E-state index contributed by atoms with van der Waals surface area (Å²) in [5.74, 6) is 0.474. The molecule has 8 heteroatoms. The minimum absolute atomic E-state index is 0.111. The fourth-order valence-electron chi connectivity index (χ4n) is 3.00. The second-order valence-corrected chi connectivity index (χ2v) is 10.5. The molecule has 2 aromatic rings. The molecule has 1 aliphatic heterocycles. The van der Waals surface area contributed by atoms with Gasteiger partial charge in [-0.25, -0.2) is 8.42 Å². The number of thioether (sulfide) groups is 1. The lowest BCUT2D eigenvalue weighted by molar-refractivity contribution is -0.120. The van der Waals surface area contributed by atoms with Crippen molar-refractivity contribution in [2.45, 2.75) is 28.9 Å². The number of thiophene rings is 1. The average molecular weight is 411 g/mol. The average Bonchev–Trinajstić information content (AvgIpc) is 3.19. The van der Waals surface area contributed by atoms with Crippen LogP contribution in [0.3, 0.4) is 0 Å². The molecule has 26 heavy (non-hydrogen) atoms. The number of para-hydroxylation sites is 1. The number of hydrogen-bond acceptors (Lipinski definition) is 5. The molecule has 5 nitrogen and oxygen atoms in total. The number of nitrogens with one attached hydrogen (secondary N) is 1. The van der Waals surface area contributed by atoms with Crippen LogP contribution in [0.25, 0.3) is 0 Å². The van der Waals surface area contributed by atoms with Crippen molar-refractivity contribution in [3.8, 4) is 0 Å². The summed E-state index contributed by atoms with van der Waals surface area (Å²) >= 11 is 2.88. The van der Waals surface area contributed by atoms with Crippen LogP contribution in [0.15, 0.2) is 50.9 Å². The van der Waals surface area contributed by atoms with Gasteiger partial charge in [0.05, 0.1) is 11.6 Å². The predicted molar refractivity (Wildman–Crippen MR) is 107 cm³/mol. The minimum atomic E-state index is -3.51. The molecule has 140 valence electrons. The fourth-order valence-corrected chi connectivity index (χ4v) is 6.43. The molecule has 0 unspecified atom stereocenters. The van der Waals surface area contributed by atoms with Crippen LogP contribution in [0.5, 0.6) is 0 Å². The molecule has 1 N–H and O–H groups in total. The van der Waals surface area contributed by atoms with Gasteiger partial charge < -0.3 is 5.32 Å². The van der Waals surface area contributed by atoms with E-state index in [4.69, 9.17) is 0 Å². The zero-order chi connectivity index (χ0) is 18.6. The van der Waals surface area contributed by atoms with E-state index >= 15 is 0 Å². The molecular formula is C18H22N2O3S3. The summed E-state index contributed by atoms with van der Waals surface area (Å²) in [5, 5.41) is 4.75. The van der Waals surface area contributed by atoms with Crippen molar-refractivity contribution in [1.29, 1.82) is 0 Å². The third kappa shape index (κ3) is 4.31. The van der Waals surface area contributed by atoms with Gasteiger partial charge in [-0.3, -0.25) is 4.79 Å². The second-order valence-electron chi connectivity index (χ2n) is 6.05. The summed E-state index contributed by atoms with van der Waals surface area (Å²) in [6, 6.07) is 11.1. The van der Waals surface area contributed by atoms with E-state index in [-0.39, 0.29) is 18.4 Å². The first-order valence-corrected chi connectivity index (χ1v) is 11.9. The van der Waals surface area contributed by atoms with E-state index in [1.54, 1.807) is 29.3 Å². The van der Waals surface area contributed by atoms with Crippen LogP contribution in [0.2, 0.25) is 0 Å². The van der Waals surface area contributed by atoms with Crippen LogP contribution in [-0.4, -0.2) is 37.5 Å². The van der Waals surface area contributed by atoms with Crippen LogP contribution in [-0.2, 0) is 14.8 Å². The summed E-state index contributed by atoms with van der Waals surface area (Å²) in [6.07, 6.45) is 1.39. The van der Waals surface area contributed by atoms with Crippen molar-refractivity contribution in [1.82, 2.24) is 4.31 Å². The van der Waals surface area contributed by atoms with Gasteiger partial charge in [0.1, 0.15) is 4.21 Å². The minimum Gasteiger partial charge on any atom is -0.325 e. The Bertz CT molecular complexity index is 850. The maximum Gasteiger partial charge on any atom is 0.252 e. The number of benzene rings is 1. The molecule has 1 aromatic heterocycles. The highest BCUT2D eigenvalue weighted by Gasteiger charge is 2.33. The molecule has 0 aliphatic carbocycles. The molecule has 3 rings (SSSR count). The smallest absolute Gasteiger partial charge is 0.252 e. The quantitative estimate of drug-likeness (QED) is 0.734. The molecule has 1 saturated heterocycles. The number of hydrogen-bond donors (Lipinski definition) is 1. The number of sulfonamides is 1. The van der Waals surface area contributed by atoms with Crippen LogP contribution in [0.4, 0.5) is 5.69 Å². The lowest BCUT2D eigenvalue weighted by atomic mass is 9.99.